The third-order valence-electron chi connectivity index (χ3n) is 2.91. The second kappa shape index (κ2) is 3.89. The molecule has 0 spiro atoms. The van der Waals surface area contributed by atoms with E-state index in [-0.39, 0.29) is 0 Å². The van der Waals surface area contributed by atoms with Gasteiger partial charge < -0.3 is 0 Å². The Morgan fingerprint density at radius 3 is 2.71 bits per heavy atom. The van der Waals surface area contributed by atoms with Gasteiger partial charge in [0.25, 0.3) is 0 Å². The highest BCUT2D eigenvalue weighted by Gasteiger charge is 2.30. The van der Waals surface area contributed by atoms with Crippen molar-refractivity contribution in [2.24, 2.45) is 5.92 Å². The molecule has 1 fully saturated rings. The molecule has 1 aliphatic carbocycles. The summed E-state index contributed by atoms with van der Waals surface area (Å²) in [5.41, 5.74) is 0. The van der Waals surface area contributed by atoms with E-state index in [1.165, 1.54) is 12.8 Å². The van der Waals surface area contributed by atoms with Gasteiger partial charge in [0.15, 0.2) is 0 Å². The van der Waals surface area contributed by atoms with Gasteiger partial charge in [-0.1, -0.05) is 13.8 Å². The van der Waals surface area contributed by atoms with Gasteiger partial charge in [-0.05, 0) is 36.8 Å². The Morgan fingerprint density at radius 2 is 2.14 bits per heavy atom. The zero-order valence-electron chi connectivity index (χ0n) is 8.70. The van der Waals surface area contributed by atoms with Gasteiger partial charge in [0, 0.05) is 12.5 Å². The van der Waals surface area contributed by atoms with Crippen LogP contribution in [0.4, 0.5) is 0 Å². The summed E-state index contributed by atoms with van der Waals surface area (Å²) in [5.74, 6) is 1.88. The van der Waals surface area contributed by atoms with Crippen molar-refractivity contribution in [3.05, 3.63) is 11.1 Å². The number of nitrogens with zero attached hydrogens (tertiary/aromatic N) is 3. The van der Waals surface area contributed by atoms with Crippen molar-refractivity contribution < 1.29 is 0 Å². The van der Waals surface area contributed by atoms with E-state index in [2.05, 4.69) is 28.6 Å². The number of halogens is 1. The zero-order valence-corrected chi connectivity index (χ0v) is 9.46. The van der Waals surface area contributed by atoms with Crippen LogP contribution in [0.3, 0.4) is 0 Å². The van der Waals surface area contributed by atoms with Crippen molar-refractivity contribution in [1.82, 2.24) is 14.8 Å². The fraction of sp³-hybridized carbons (Fsp3) is 0.800. The minimum Gasteiger partial charge on any atom is -0.299 e. The van der Waals surface area contributed by atoms with Crippen LogP contribution in [0, 0.1) is 5.92 Å². The summed E-state index contributed by atoms with van der Waals surface area (Å²) in [4.78, 5) is 0. The van der Waals surface area contributed by atoms with Crippen molar-refractivity contribution >= 4 is 11.6 Å². The molecule has 1 aromatic heterocycles. The maximum atomic E-state index is 6.03. The number of aromatic nitrogens is 3. The van der Waals surface area contributed by atoms with Crippen molar-refractivity contribution in [2.75, 3.05) is 0 Å². The van der Waals surface area contributed by atoms with Crippen LogP contribution in [-0.4, -0.2) is 14.8 Å². The van der Waals surface area contributed by atoms with Gasteiger partial charge in [0.1, 0.15) is 5.82 Å². The minimum atomic E-state index is 0.550. The molecule has 0 saturated heterocycles. The van der Waals surface area contributed by atoms with Crippen molar-refractivity contribution in [3.63, 3.8) is 0 Å². The van der Waals surface area contributed by atoms with Gasteiger partial charge in [-0.2, -0.15) is 0 Å². The van der Waals surface area contributed by atoms with E-state index in [0.717, 1.165) is 24.6 Å². The van der Waals surface area contributed by atoms with Crippen LogP contribution in [0.5, 0.6) is 0 Å². The summed E-state index contributed by atoms with van der Waals surface area (Å²) < 4.78 is 2.12. The molecular formula is C10H16ClN3. The Labute approximate surface area is 89.5 Å². The predicted octanol–water partition coefficient (Wildman–Crippen LogP) is 2.86. The molecule has 0 aromatic carbocycles. The number of aryl methyl sites for hydroxylation is 1. The average Bonchev–Trinajstić information content (AvgIpc) is 2.43. The lowest BCUT2D eigenvalue weighted by Crippen LogP contribution is -2.26. The highest BCUT2D eigenvalue weighted by atomic mass is 35.5. The standard InChI is InChI=1S/C10H16ClN3/c1-3-4-9-12-13-10(11)14(9)8-5-7(2)6-8/h7-8H,3-6H2,1-2H3. The molecular weight excluding hydrogens is 198 g/mol. The van der Waals surface area contributed by atoms with Crippen LogP contribution in [0.2, 0.25) is 5.28 Å². The first kappa shape index (κ1) is 9.97. The van der Waals surface area contributed by atoms with Crippen LogP contribution < -0.4 is 0 Å². The molecule has 2 rings (SSSR count). The molecule has 14 heavy (non-hydrogen) atoms. The van der Waals surface area contributed by atoms with E-state index in [1.807, 2.05) is 0 Å². The largest absolute Gasteiger partial charge is 0.299 e. The number of hydrogen-bond donors (Lipinski definition) is 0. The van der Waals surface area contributed by atoms with E-state index in [9.17, 15) is 0 Å². The highest BCUT2D eigenvalue weighted by molar-refractivity contribution is 6.28. The second-order valence-electron chi connectivity index (χ2n) is 4.24. The first-order chi connectivity index (χ1) is 6.72. The summed E-state index contributed by atoms with van der Waals surface area (Å²) in [6.45, 7) is 4.42. The molecule has 0 radical (unpaired) electrons. The van der Waals surface area contributed by atoms with Gasteiger partial charge in [0.2, 0.25) is 5.28 Å². The first-order valence-electron chi connectivity index (χ1n) is 5.31. The first-order valence-corrected chi connectivity index (χ1v) is 5.69. The van der Waals surface area contributed by atoms with Crippen molar-refractivity contribution in [3.8, 4) is 0 Å². The fourth-order valence-electron chi connectivity index (χ4n) is 2.13. The van der Waals surface area contributed by atoms with Crippen LogP contribution in [-0.2, 0) is 6.42 Å². The van der Waals surface area contributed by atoms with Gasteiger partial charge in [0.05, 0.1) is 0 Å². The lowest BCUT2D eigenvalue weighted by molar-refractivity contribution is 0.211. The SMILES string of the molecule is CCCc1nnc(Cl)n1C1CC(C)C1. The lowest BCUT2D eigenvalue weighted by Gasteiger charge is -2.34. The normalized spacial score (nSPS) is 26.2. The summed E-state index contributed by atoms with van der Waals surface area (Å²) >= 11 is 6.03. The molecule has 0 bridgehead atoms. The Kier molecular flexibility index (Phi) is 2.77. The Bertz CT molecular complexity index is 315. The van der Waals surface area contributed by atoms with Crippen molar-refractivity contribution in [1.29, 1.82) is 0 Å². The predicted molar refractivity (Wildman–Crippen MR) is 56.5 cm³/mol. The monoisotopic (exact) mass is 213 g/mol. The molecule has 0 unspecified atom stereocenters. The molecule has 1 saturated carbocycles. The lowest BCUT2D eigenvalue weighted by atomic mass is 9.81. The van der Waals surface area contributed by atoms with E-state index in [4.69, 9.17) is 11.6 Å². The molecule has 3 nitrogen and oxygen atoms in total. The summed E-state index contributed by atoms with van der Waals surface area (Å²) in [7, 11) is 0. The Balaban J connectivity index is 2.17. The molecule has 1 aromatic rings. The van der Waals surface area contributed by atoms with Gasteiger partial charge in [-0.3, -0.25) is 4.57 Å². The van der Waals surface area contributed by atoms with Crippen LogP contribution in [0.15, 0.2) is 0 Å². The topological polar surface area (TPSA) is 30.7 Å². The highest BCUT2D eigenvalue weighted by Crippen LogP contribution is 2.39. The summed E-state index contributed by atoms with van der Waals surface area (Å²) in [5, 5.41) is 8.62. The van der Waals surface area contributed by atoms with E-state index < -0.39 is 0 Å². The Hall–Kier alpha value is -0.570. The molecule has 0 amide bonds. The molecule has 4 heteroatoms. The maximum Gasteiger partial charge on any atom is 0.225 e. The third-order valence-corrected chi connectivity index (χ3v) is 3.17. The molecule has 1 aliphatic rings. The van der Waals surface area contributed by atoms with Crippen molar-refractivity contribution in [2.45, 2.75) is 45.6 Å². The summed E-state index contributed by atoms with van der Waals surface area (Å²) in [6, 6.07) is 0.550. The molecule has 78 valence electrons. The molecule has 0 atom stereocenters. The van der Waals surface area contributed by atoms with Gasteiger partial charge in [-0.15, -0.1) is 10.2 Å². The van der Waals surface area contributed by atoms with E-state index in [1.54, 1.807) is 0 Å². The quantitative estimate of drug-likeness (QED) is 0.773. The zero-order chi connectivity index (χ0) is 10.1. The van der Waals surface area contributed by atoms with E-state index >= 15 is 0 Å². The number of hydrogen-bond acceptors (Lipinski definition) is 2. The van der Waals surface area contributed by atoms with Crippen LogP contribution >= 0.6 is 11.6 Å². The smallest absolute Gasteiger partial charge is 0.225 e. The maximum absolute atomic E-state index is 6.03. The third kappa shape index (κ3) is 1.65. The molecule has 0 N–H and O–H groups in total. The fourth-order valence-corrected chi connectivity index (χ4v) is 2.40. The average molecular weight is 214 g/mol. The minimum absolute atomic E-state index is 0.550. The van der Waals surface area contributed by atoms with Crippen LogP contribution in [0.1, 0.15) is 45.0 Å². The summed E-state index contributed by atoms with van der Waals surface area (Å²) in [6.07, 6.45) is 4.50. The van der Waals surface area contributed by atoms with Crippen LogP contribution in [0.25, 0.3) is 0 Å². The molecule has 1 heterocycles. The van der Waals surface area contributed by atoms with E-state index in [0.29, 0.717) is 11.3 Å². The van der Waals surface area contributed by atoms with Gasteiger partial charge in [-0.25, -0.2) is 0 Å². The van der Waals surface area contributed by atoms with Gasteiger partial charge >= 0.3 is 0 Å². The second-order valence-corrected chi connectivity index (χ2v) is 4.57. The Morgan fingerprint density at radius 1 is 1.43 bits per heavy atom. The number of rotatable bonds is 3. The molecule has 0 aliphatic heterocycles.